The second kappa shape index (κ2) is 7.86. The van der Waals surface area contributed by atoms with E-state index in [1.165, 1.54) is 0 Å². The van der Waals surface area contributed by atoms with E-state index in [0.29, 0.717) is 13.0 Å². The summed E-state index contributed by atoms with van der Waals surface area (Å²) in [4.78, 5) is 14.5. The summed E-state index contributed by atoms with van der Waals surface area (Å²) in [6.07, 6.45) is 7.90. The molecule has 0 saturated heterocycles. The van der Waals surface area contributed by atoms with Crippen molar-refractivity contribution >= 4 is 5.91 Å². The molecular weight excluding hydrogens is 330 g/mol. The van der Waals surface area contributed by atoms with Crippen LogP contribution in [-0.2, 0) is 11.3 Å². The molecule has 0 aliphatic rings. The number of aromatic nitrogens is 4. The topological polar surface area (TPSA) is 65.2 Å². The summed E-state index contributed by atoms with van der Waals surface area (Å²) in [5.41, 5.74) is 1.87. The molecule has 0 bridgehead atoms. The molecule has 7 nitrogen and oxygen atoms in total. The van der Waals surface area contributed by atoms with Gasteiger partial charge in [0.1, 0.15) is 11.8 Å². The number of nitrogens with zero attached hydrogens (tertiary/aromatic N) is 5. The summed E-state index contributed by atoms with van der Waals surface area (Å²) in [6, 6.07) is 9.22. The van der Waals surface area contributed by atoms with Crippen LogP contribution in [0.2, 0.25) is 0 Å². The second-order valence-electron chi connectivity index (χ2n) is 6.10. The first kappa shape index (κ1) is 17.7. The number of carbonyl (C=O) groups is 1. The summed E-state index contributed by atoms with van der Waals surface area (Å²) in [5.74, 6) is 0.808. The molecule has 3 aromatic rings. The lowest BCUT2D eigenvalue weighted by Gasteiger charge is -2.22. The minimum Gasteiger partial charge on any atom is -0.497 e. The summed E-state index contributed by atoms with van der Waals surface area (Å²) in [5, 5.41) is 8.59. The van der Waals surface area contributed by atoms with Crippen molar-refractivity contribution in [1.29, 1.82) is 0 Å². The van der Waals surface area contributed by atoms with Crippen molar-refractivity contribution in [2.45, 2.75) is 25.9 Å². The van der Waals surface area contributed by atoms with Crippen LogP contribution in [0.15, 0.2) is 55.1 Å². The van der Waals surface area contributed by atoms with Crippen LogP contribution in [0.1, 0.15) is 24.9 Å². The average Bonchev–Trinajstić information content (AvgIpc) is 3.34. The number of hydrogen-bond donors (Lipinski definition) is 0. The summed E-state index contributed by atoms with van der Waals surface area (Å²) in [7, 11) is 3.44. The Morgan fingerprint density at radius 3 is 2.85 bits per heavy atom. The standard InChI is InChI=1S/C19H23N5O2/c1-4-18(23-10-6-9-20-23)19(25)22(2)13-15-12-21-24(14-15)16-7-5-8-17(11-16)26-3/h5-12,14,18H,4,13H2,1-3H3/t18-/m0/s1. The lowest BCUT2D eigenvalue weighted by molar-refractivity contribution is -0.134. The number of ether oxygens (including phenoxy) is 1. The highest BCUT2D eigenvalue weighted by molar-refractivity contribution is 5.80. The highest BCUT2D eigenvalue weighted by Gasteiger charge is 2.22. The van der Waals surface area contributed by atoms with E-state index in [4.69, 9.17) is 4.74 Å². The van der Waals surface area contributed by atoms with Gasteiger partial charge in [0, 0.05) is 43.8 Å². The monoisotopic (exact) mass is 353 g/mol. The van der Waals surface area contributed by atoms with Crippen LogP contribution in [0, 0.1) is 0 Å². The number of benzene rings is 1. The predicted molar refractivity (Wildman–Crippen MR) is 98.1 cm³/mol. The van der Waals surface area contributed by atoms with E-state index in [1.807, 2.05) is 49.6 Å². The fourth-order valence-electron chi connectivity index (χ4n) is 2.88. The van der Waals surface area contributed by atoms with Crippen molar-refractivity contribution in [2.24, 2.45) is 0 Å². The lowest BCUT2D eigenvalue weighted by atomic mass is 10.2. The van der Waals surface area contributed by atoms with Gasteiger partial charge in [0.2, 0.25) is 5.91 Å². The van der Waals surface area contributed by atoms with Crippen molar-refractivity contribution in [2.75, 3.05) is 14.2 Å². The molecule has 0 unspecified atom stereocenters. The van der Waals surface area contributed by atoms with Crippen LogP contribution in [0.25, 0.3) is 5.69 Å². The zero-order valence-electron chi connectivity index (χ0n) is 15.2. The van der Waals surface area contributed by atoms with Crippen LogP contribution in [0.4, 0.5) is 0 Å². The maximum atomic E-state index is 12.8. The first-order valence-corrected chi connectivity index (χ1v) is 8.54. The summed E-state index contributed by atoms with van der Waals surface area (Å²) in [6.45, 7) is 2.47. The third kappa shape index (κ3) is 3.77. The van der Waals surface area contributed by atoms with Gasteiger partial charge >= 0.3 is 0 Å². The molecular formula is C19H23N5O2. The third-order valence-corrected chi connectivity index (χ3v) is 4.27. The molecule has 1 aromatic carbocycles. The van der Waals surface area contributed by atoms with E-state index in [2.05, 4.69) is 10.2 Å². The Morgan fingerprint density at radius 1 is 1.31 bits per heavy atom. The molecule has 2 heterocycles. The highest BCUT2D eigenvalue weighted by Crippen LogP contribution is 2.18. The molecule has 0 N–H and O–H groups in total. The first-order chi connectivity index (χ1) is 12.6. The number of amides is 1. The molecule has 0 radical (unpaired) electrons. The number of methoxy groups -OCH3 is 1. The molecule has 0 fully saturated rings. The molecule has 0 aliphatic carbocycles. The fraction of sp³-hybridized carbons (Fsp3) is 0.316. The lowest BCUT2D eigenvalue weighted by Crippen LogP contribution is -2.34. The summed E-state index contributed by atoms with van der Waals surface area (Å²) < 4.78 is 8.74. The minimum absolute atomic E-state index is 0.0327. The molecule has 2 aromatic heterocycles. The molecule has 1 atom stereocenters. The van der Waals surface area contributed by atoms with E-state index < -0.39 is 0 Å². The Kier molecular flexibility index (Phi) is 5.36. The maximum Gasteiger partial charge on any atom is 0.247 e. The van der Waals surface area contributed by atoms with Gasteiger partial charge in [-0.15, -0.1) is 0 Å². The van der Waals surface area contributed by atoms with E-state index in [-0.39, 0.29) is 11.9 Å². The molecule has 0 saturated carbocycles. The molecule has 7 heteroatoms. The van der Waals surface area contributed by atoms with Gasteiger partial charge in [0.25, 0.3) is 0 Å². The predicted octanol–water partition coefficient (Wildman–Crippen LogP) is 2.69. The van der Waals surface area contributed by atoms with Crippen LogP contribution in [0.5, 0.6) is 5.75 Å². The Labute approximate surface area is 152 Å². The van der Waals surface area contributed by atoms with Crippen LogP contribution < -0.4 is 4.74 Å². The normalized spacial score (nSPS) is 12.0. The molecule has 0 aliphatic heterocycles. The Bertz CT molecular complexity index is 856. The SMILES string of the molecule is CC[C@@H](C(=O)N(C)Cc1cnn(-c2cccc(OC)c2)c1)n1cccn1. The highest BCUT2D eigenvalue weighted by atomic mass is 16.5. The van der Waals surface area contributed by atoms with Crippen molar-refractivity contribution in [1.82, 2.24) is 24.5 Å². The van der Waals surface area contributed by atoms with E-state index in [0.717, 1.165) is 17.0 Å². The van der Waals surface area contributed by atoms with Gasteiger partial charge < -0.3 is 9.64 Å². The van der Waals surface area contributed by atoms with Gasteiger partial charge in [0.05, 0.1) is 19.0 Å². The van der Waals surface area contributed by atoms with Crippen molar-refractivity contribution < 1.29 is 9.53 Å². The quantitative estimate of drug-likeness (QED) is 0.655. The van der Waals surface area contributed by atoms with Gasteiger partial charge in [0.15, 0.2) is 0 Å². The minimum atomic E-state index is -0.288. The molecule has 26 heavy (non-hydrogen) atoms. The van der Waals surface area contributed by atoms with Gasteiger partial charge in [-0.1, -0.05) is 13.0 Å². The Morgan fingerprint density at radius 2 is 2.15 bits per heavy atom. The van der Waals surface area contributed by atoms with Gasteiger partial charge in [-0.3, -0.25) is 9.48 Å². The number of carbonyl (C=O) groups excluding carboxylic acids is 1. The largest absolute Gasteiger partial charge is 0.497 e. The second-order valence-corrected chi connectivity index (χ2v) is 6.10. The number of likely N-dealkylation sites (N-methyl/N-ethyl adjacent to an activating group) is 1. The van der Waals surface area contributed by atoms with E-state index in [9.17, 15) is 4.79 Å². The Hall–Kier alpha value is -3.09. The summed E-state index contributed by atoms with van der Waals surface area (Å²) >= 11 is 0. The smallest absolute Gasteiger partial charge is 0.247 e. The van der Waals surface area contributed by atoms with Gasteiger partial charge in [-0.05, 0) is 24.6 Å². The third-order valence-electron chi connectivity index (χ3n) is 4.27. The fourth-order valence-corrected chi connectivity index (χ4v) is 2.88. The van der Waals surface area contributed by atoms with Crippen molar-refractivity contribution in [3.05, 3.63) is 60.7 Å². The average molecular weight is 353 g/mol. The maximum absolute atomic E-state index is 12.8. The molecule has 1 amide bonds. The van der Waals surface area contributed by atoms with Crippen LogP contribution in [0.3, 0.4) is 0 Å². The molecule has 136 valence electrons. The van der Waals surface area contributed by atoms with Gasteiger partial charge in [-0.25, -0.2) is 4.68 Å². The van der Waals surface area contributed by atoms with Crippen molar-refractivity contribution in [3.8, 4) is 11.4 Å². The van der Waals surface area contributed by atoms with Gasteiger partial charge in [-0.2, -0.15) is 10.2 Å². The van der Waals surface area contributed by atoms with Crippen LogP contribution in [-0.4, -0.2) is 44.5 Å². The van der Waals surface area contributed by atoms with Crippen LogP contribution >= 0.6 is 0 Å². The zero-order chi connectivity index (χ0) is 18.5. The first-order valence-electron chi connectivity index (χ1n) is 8.54. The van der Waals surface area contributed by atoms with E-state index >= 15 is 0 Å². The zero-order valence-corrected chi connectivity index (χ0v) is 15.2. The number of hydrogen-bond acceptors (Lipinski definition) is 4. The molecule has 0 spiro atoms. The van der Waals surface area contributed by atoms with E-state index in [1.54, 1.807) is 40.8 Å². The molecule has 3 rings (SSSR count). The van der Waals surface area contributed by atoms with Crippen molar-refractivity contribution in [3.63, 3.8) is 0 Å². The Balaban J connectivity index is 1.71. The number of rotatable bonds is 7.